The predicted octanol–water partition coefficient (Wildman–Crippen LogP) is 3.70. The van der Waals surface area contributed by atoms with Gasteiger partial charge < -0.3 is 10.1 Å². The first kappa shape index (κ1) is 14.0. The number of ether oxygens (including phenoxy) is 1. The Kier molecular flexibility index (Phi) is 4.93. The van der Waals surface area contributed by atoms with Gasteiger partial charge in [0.05, 0.1) is 5.69 Å². The highest BCUT2D eigenvalue weighted by molar-refractivity contribution is 9.10. The second-order valence-electron chi connectivity index (χ2n) is 4.30. The SMILES string of the molecule is CNC(C)c1cc(Br)ccc1OCc1ccccn1. The third kappa shape index (κ3) is 3.78. The lowest BCUT2D eigenvalue weighted by Crippen LogP contribution is -2.14. The molecular weight excluding hydrogens is 304 g/mol. The Morgan fingerprint density at radius 3 is 2.84 bits per heavy atom. The Labute approximate surface area is 122 Å². The summed E-state index contributed by atoms with van der Waals surface area (Å²) in [6.45, 7) is 2.58. The summed E-state index contributed by atoms with van der Waals surface area (Å²) < 4.78 is 6.93. The average molecular weight is 321 g/mol. The van der Waals surface area contributed by atoms with Crippen molar-refractivity contribution in [3.05, 3.63) is 58.3 Å². The van der Waals surface area contributed by atoms with Crippen LogP contribution in [0.15, 0.2) is 47.1 Å². The van der Waals surface area contributed by atoms with E-state index in [0.29, 0.717) is 6.61 Å². The third-order valence-corrected chi connectivity index (χ3v) is 3.47. The molecule has 100 valence electrons. The van der Waals surface area contributed by atoms with Gasteiger partial charge in [-0.2, -0.15) is 0 Å². The standard InChI is InChI=1S/C15H17BrN2O/c1-11(17-2)14-9-12(16)6-7-15(14)19-10-13-5-3-4-8-18-13/h3-9,11,17H,10H2,1-2H3. The van der Waals surface area contributed by atoms with Gasteiger partial charge in [-0.1, -0.05) is 22.0 Å². The number of halogens is 1. The maximum atomic E-state index is 5.88. The van der Waals surface area contributed by atoms with Gasteiger partial charge in [-0.15, -0.1) is 0 Å². The van der Waals surface area contributed by atoms with Gasteiger partial charge >= 0.3 is 0 Å². The second-order valence-corrected chi connectivity index (χ2v) is 5.22. The van der Waals surface area contributed by atoms with E-state index in [-0.39, 0.29) is 6.04 Å². The fraction of sp³-hybridized carbons (Fsp3) is 0.267. The van der Waals surface area contributed by atoms with Crippen LogP contribution in [-0.2, 0) is 6.61 Å². The average Bonchev–Trinajstić information content (AvgIpc) is 2.46. The molecule has 1 N–H and O–H groups in total. The summed E-state index contributed by atoms with van der Waals surface area (Å²) in [5, 5.41) is 3.23. The number of nitrogens with zero attached hydrogens (tertiary/aromatic N) is 1. The number of rotatable bonds is 5. The van der Waals surface area contributed by atoms with E-state index in [2.05, 4.69) is 39.2 Å². The highest BCUT2D eigenvalue weighted by Gasteiger charge is 2.11. The van der Waals surface area contributed by atoms with Gasteiger partial charge in [0.1, 0.15) is 12.4 Å². The lowest BCUT2D eigenvalue weighted by molar-refractivity contribution is 0.295. The largest absolute Gasteiger partial charge is 0.487 e. The van der Waals surface area contributed by atoms with E-state index < -0.39 is 0 Å². The van der Waals surface area contributed by atoms with Gasteiger partial charge in [-0.05, 0) is 44.3 Å². The number of hydrogen-bond acceptors (Lipinski definition) is 3. The molecule has 19 heavy (non-hydrogen) atoms. The van der Waals surface area contributed by atoms with Crippen molar-refractivity contribution < 1.29 is 4.74 Å². The Morgan fingerprint density at radius 1 is 1.32 bits per heavy atom. The van der Waals surface area contributed by atoms with Crippen molar-refractivity contribution in [3.63, 3.8) is 0 Å². The molecule has 0 amide bonds. The highest BCUT2D eigenvalue weighted by atomic mass is 79.9. The number of benzene rings is 1. The molecule has 0 aliphatic carbocycles. The zero-order valence-corrected chi connectivity index (χ0v) is 12.6. The molecule has 0 saturated heterocycles. The molecule has 0 aliphatic heterocycles. The molecule has 0 spiro atoms. The molecule has 1 aromatic carbocycles. The summed E-state index contributed by atoms with van der Waals surface area (Å²) in [4.78, 5) is 4.26. The summed E-state index contributed by atoms with van der Waals surface area (Å²) in [6, 6.07) is 12.1. The maximum Gasteiger partial charge on any atom is 0.130 e. The van der Waals surface area contributed by atoms with Gasteiger partial charge in [0.2, 0.25) is 0 Å². The van der Waals surface area contributed by atoms with Crippen molar-refractivity contribution >= 4 is 15.9 Å². The van der Waals surface area contributed by atoms with Crippen LogP contribution in [0.4, 0.5) is 0 Å². The normalized spacial score (nSPS) is 12.2. The summed E-state index contributed by atoms with van der Waals surface area (Å²) >= 11 is 3.49. The first-order valence-corrected chi connectivity index (χ1v) is 6.99. The molecule has 0 fully saturated rings. The molecule has 4 heteroatoms. The second kappa shape index (κ2) is 6.68. The molecule has 2 aromatic rings. The number of hydrogen-bond donors (Lipinski definition) is 1. The molecule has 0 saturated carbocycles. The van der Waals surface area contributed by atoms with E-state index in [0.717, 1.165) is 21.5 Å². The van der Waals surface area contributed by atoms with Crippen LogP contribution in [-0.4, -0.2) is 12.0 Å². The van der Waals surface area contributed by atoms with Crippen LogP contribution < -0.4 is 10.1 Å². The molecule has 0 radical (unpaired) electrons. The van der Waals surface area contributed by atoms with Crippen LogP contribution in [0.3, 0.4) is 0 Å². The van der Waals surface area contributed by atoms with E-state index in [4.69, 9.17) is 4.74 Å². The molecule has 1 aromatic heterocycles. The first-order chi connectivity index (χ1) is 9.20. The van der Waals surface area contributed by atoms with E-state index in [1.54, 1.807) is 6.20 Å². The topological polar surface area (TPSA) is 34.1 Å². The van der Waals surface area contributed by atoms with E-state index in [9.17, 15) is 0 Å². The Balaban J connectivity index is 2.15. The van der Waals surface area contributed by atoms with Crippen LogP contribution in [0.5, 0.6) is 5.75 Å². The fourth-order valence-electron chi connectivity index (χ4n) is 1.78. The maximum absolute atomic E-state index is 5.88. The van der Waals surface area contributed by atoms with E-state index in [1.165, 1.54) is 0 Å². The molecule has 3 nitrogen and oxygen atoms in total. The molecule has 1 heterocycles. The van der Waals surface area contributed by atoms with Crippen LogP contribution in [0.25, 0.3) is 0 Å². The van der Waals surface area contributed by atoms with Crippen LogP contribution in [0.1, 0.15) is 24.2 Å². The number of pyridine rings is 1. The Bertz CT molecular complexity index is 531. The lowest BCUT2D eigenvalue weighted by Gasteiger charge is -2.16. The van der Waals surface area contributed by atoms with Crippen molar-refractivity contribution in [2.24, 2.45) is 0 Å². The smallest absolute Gasteiger partial charge is 0.130 e. The lowest BCUT2D eigenvalue weighted by atomic mass is 10.1. The van der Waals surface area contributed by atoms with Crippen LogP contribution in [0.2, 0.25) is 0 Å². The Hall–Kier alpha value is -1.39. The predicted molar refractivity (Wildman–Crippen MR) is 80.2 cm³/mol. The van der Waals surface area contributed by atoms with Crippen molar-refractivity contribution in [3.8, 4) is 5.75 Å². The third-order valence-electron chi connectivity index (χ3n) is 2.97. The van der Waals surface area contributed by atoms with Crippen molar-refractivity contribution in [2.45, 2.75) is 19.6 Å². The fourth-order valence-corrected chi connectivity index (χ4v) is 2.16. The van der Waals surface area contributed by atoms with Gasteiger partial charge in [-0.3, -0.25) is 4.98 Å². The quantitative estimate of drug-likeness (QED) is 0.912. The summed E-state index contributed by atoms with van der Waals surface area (Å²) in [6.07, 6.45) is 1.78. The zero-order chi connectivity index (χ0) is 13.7. The van der Waals surface area contributed by atoms with E-state index in [1.807, 2.05) is 37.4 Å². The van der Waals surface area contributed by atoms with Crippen molar-refractivity contribution in [1.29, 1.82) is 0 Å². The molecule has 1 atom stereocenters. The van der Waals surface area contributed by atoms with Gasteiger partial charge in [0.15, 0.2) is 0 Å². The minimum Gasteiger partial charge on any atom is -0.487 e. The minimum absolute atomic E-state index is 0.233. The Morgan fingerprint density at radius 2 is 2.16 bits per heavy atom. The number of nitrogens with one attached hydrogen (secondary N) is 1. The minimum atomic E-state index is 0.233. The van der Waals surface area contributed by atoms with Crippen LogP contribution in [0, 0.1) is 0 Å². The summed E-state index contributed by atoms with van der Waals surface area (Å²) in [5.41, 5.74) is 2.06. The van der Waals surface area contributed by atoms with Crippen molar-refractivity contribution in [1.82, 2.24) is 10.3 Å². The molecule has 1 unspecified atom stereocenters. The van der Waals surface area contributed by atoms with E-state index >= 15 is 0 Å². The first-order valence-electron chi connectivity index (χ1n) is 6.20. The van der Waals surface area contributed by atoms with Gasteiger partial charge in [-0.25, -0.2) is 0 Å². The number of aromatic nitrogens is 1. The molecule has 0 aliphatic rings. The molecule has 2 rings (SSSR count). The zero-order valence-electron chi connectivity index (χ0n) is 11.1. The van der Waals surface area contributed by atoms with Crippen molar-refractivity contribution in [2.75, 3.05) is 7.05 Å². The molecule has 0 bridgehead atoms. The molecular formula is C15H17BrN2O. The van der Waals surface area contributed by atoms with Gasteiger partial charge in [0.25, 0.3) is 0 Å². The summed E-state index contributed by atoms with van der Waals surface area (Å²) in [5.74, 6) is 0.885. The highest BCUT2D eigenvalue weighted by Crippen LogP contribution is 2.28. The summed E-state index contributed by atoms with van der Waals surface area (Å²) in [7, 11) is 1.94. The monoisotopic (exact) mass is 320 g/mol. The van der Waals surface area contributed by atoms with Gasteiger partial charge in [0, 0.05) is 22.3 Å². The van der Waals surface area contributed by atoms with Crippen LogP contribution >= 0.6 is 15.9 Å².